The molecule has 2 aromatic heterocycles. The third-order valence-electron chi connectivity index (χ3n) is 3.38. The van der Waals surface area contributed by atoms with Crippen LogP contribution in [0.3, 0.4) is 0 Å². The summed E-state index contributed by atoms with van der Waals surface area (Å²) in [6.45, 7) is 0. The first-order valence-corrected chi connectivity index (χ1v) is 6.55. The van der Waals surface area contributed by atoms with Crippen molar-refractivity contribution in [2.75, 3.05) is 0 Å². The number of rotatable bonds is 2. The second-order valence-corrected chi connectivity index (χ2v) is 5.06. The topological polar surface area (TPSA) is 52.7 Å². The van der Waals surface area contributed by atoms with E-state index in [0.717, 1.165) is 35.1 Å². The van der Waals surface area contributed by atoms with Gasteiger partial charge in [0.1, 0.15) is 0 Å². The van der Waals surface area contributed by atoms with Crippen LogP contribution in [-0.2, 0) is 18.9 Å². The van der Waals surface area contributed by atoms with E-state index in [4.69, 9.17) is 0 Å². The molecule has 1 aliphatic rings. The second-order valence-electron chi connectivity index (χ2n) is 5.06. The maximum atomic E-state index is 12.3. The summed E-state index contributed by atoms with van der Waals surface area (Å²) >= 11 is 0. The van der Waals surface area contributed by atoms with Crippen LogP contribution in [0.15, 0.2) is 35.9 Å². The van der Waals surface area contributed by atoms with Gasteiger partial charge in [-0.25, -0.2) is 0 Å². The van der Waals surface area contributed by atoms with Crippen molar-refractivity contribution in [3.05, 3.63) is 47.1 Å². The Morgan fingerprint density at radius 3 is 1.75 bits per heavy atom. The molecule has 0 spiro atoms. The summed E-state index contributed by atoms with van der Waals surface area (Å²) in [4.78, 5) is 12.3. The highest BCUT2D eigenvalue weighted by molar-refractivity contribution is 6.15. The number of Topliss-reactive ketones (excluding diaryl/α,β-unsaturated/α-hetero) is 1. The lowest BCUT2D eigenvalue weighted by Gasteiger charge is -1.94. The zero-order valence-corrected chi connectivity index (χ0v) is 11.6. The van der Waals surface area contributed by atoms with E-state index in [9.17, 15) is 4.79 Å². The van der Waals surface area contributed by atoms with E-state index < -0.39 is 0 Å². The maximum Gasteiger partial charge on any atom is 0.185 e. The molecule has 102 valence electrons. The van der Waals surface area contributed by atoms with Gasteiger partial charge in [-0.05, 0) is 25.0 Å². The first kappa shape index (κ1) is 12.6. The minimum atomic E-state index is 0.137. The summed E-state index contributed by atoms with van der Waals surface area (Å²) in [6.07, 6.45) is 12.8. The van der Waals surface area contributed by atoms with Crippen molar-refractivity contribution in [2.45, 2.75) is 12.8 Å². The smallest absolute Gasteiger partial charge is 0.185 e. The fraction of sp³-hybridized carbons (Fsp3) is 0.267. The van der Waals surface area contributed by atoms with E-state index in [1.807, 2.05) is 38.6 Å². The van der Waals surface area contributed by atoms with Crippen LogP contribution in [0.2, 0.25) is 0 Å². The number of carbonyl (C=O) groups is 1. The Labute approximate surface area is 117 Å². The Balaban J connectivity index is 1.84. The predicted molar refractivity (Wildman–Crippen MR) is 76.6 cm³/mol. The maximum absolute atomic E-state index is 12.3. The van der Waals surface area contributed by atoms with Crippen molar-refractivity contribution in [1.29, 1.82) is 0 Å². The van der Waals surface area contributed by atoms with Crippen molar-refractivity contribution in [2.24, 2.45) is 14.1 Å². The molecule has 2 aromatic rings. The van der Waals surface area contributed by atoms with Crippen LogP contribution >= 0.6 is 0 Å². The number of allylic oxidation sites excluding steroid dienone is 2. The third-order valence-corrected chi connectivity index (χ3v) is 3.38. The zero-order valence-electron chi connectivity index (χ0n) is 11.6. The first-order chi connectivity index (χ1) is 9.61. The number of carbonyl (C=O) groups excluding carboxylic acids is 1. The highest BCUT2D eigenvalue weighted by Crippen LogP contribution is 2.29. The van der Waals surface area contributed by atoms with Gasteiger partial charge in [-0.1, -0.05) is 0 Å². The van der Waals surface area contributed by atoms with Gasteiger partial charge in [0.05, 0.1) is 12.4 Å². The Bertz CT molecular complexity index is 658. The lowest BCUT2D eigenvalue weighted by atomic mass is 10.1. The van der Waals surface area contributed by atoms with Gasteiger partial charge in [0.15, 0.2) is 5.78 Å². The number of ketones is 1. The molecule has 0 aromatic carbocycles. The lowest BCUT2D eigenvalue weighted by Crippen LogP contribution is -1.95. The molecule has 5 heteroatoms. The van der Waals surface area contributed by atoms with Crippen molar-refractivity contribution >= 4 is 17.9 Å². The summed E-state index contributed by atoms with van der Waals surface area (Å²) in [5, 5.41) is 8.22. The number of nitrogens with zero attached hydrogens (tertiary/aromatic N) is 4. The zero-order chi connectivity index (χ0) is 14.1. The van der Waals surface area contributed by atoms with Crippen LogP contribution in [0.5, 0.6) is 0 Å². The van der Waals surface area contributed by atoms with Crippen LogP contribution in [0.25, 0.3) is 12.2 Å². The molecule has 2 heterocycles. The van der Waals surface area contributed by atoms with Crippen LogP contribution in [0.1, 0.15) is 24.0 Å². The molecular weight excluding hydrogens is 252 g/mol. The summed E-state index contributed by atoms with van der Waals surface area (Å²) in [5.41, 5.74) is 3.65. The van der Waals surface area contributed by atoms with E-state index in [0.29, 0.717) is 0 Å². The standard InChI is InChI=1S/C15H16N4O/c1-18-9-11(7-16-18)5-13-3-4-14(15(13)20)6-12-8-17-19(2)10-12/h5-10H,3-4H2,1-2H3/b13-5-,14-6+. The van der Waals surface area contributed by atoms with E-state index in [-0.39, 0.29) is 5.78 Å². The van der Waals surface area contributed by atoms with E-state index in [1.165, 1.54) is 0 Å². The minimum Gasteiger partial charge on any atom is -0.289 e. The number of aromatic nitrogens is 4. The molecule has 1 fully saturated rings. The van der Waals surface area contributed by atoms with Gasteiger partial charge in [0.25, 0.3) is 0 Å². The molecular formula is C15H16N4O. The molecule has 0 atom stereocenters. The fourth-order valence-electron chi connectivity index (χ4n) is 2.41. The molecule has 0 bridgehead atoms. The average molecular weight is 268 g/mol. The molecule has 0 N–H and O–H groups in total. The summed E-state index contributed by atoms with van der Waals surface area (Å²) in [5.74, 6) is 0.137. The van der Waals surface area contributed by atoms with Crippen molar-refractivity contribution in [3.63, 3.8) is 0 Å². The van der Waals surface area contributed by atoms with Crippen molar-refractivity contribution in [3.8, 4) is 0 Å². The molecule has 0 saturated heterocycles. The van der Waals surface area contributed by atoms with E-state index in [1.54, 1.807) is 21.8 Å². The lowest BCUT2D eigenvalue weighted by molar-refractivity contribution is -0.111. The van der Waals surface area contributed by atoms with E-state index in [2.05, 4.69) is 10.2 Å². The van der Waals surface area contributed by atoms with Crippen LogP contribution in [-0.4, -0.2) is 25.3 Å². The Morgan fingerprint density at radius 1 is 0.950 bits per heavy atom. The molecule has 5 nitrogen and oxygen atoms in total. The normalized spacial score (nSPS) is 19.4. The Hall–Kier alpha value is -2.43. The molecule has 0 unspecified atom stereocenters. The van der Waals surface area contributed by atoms with Gasteiger partial charge in [-0.15, -0.1) is 0 Å². The van der Waals surface area contributed by atoms with Gasteiger partial charge in [0.2, 0.25) is 0 Å². The molecule has 3 rings (SSSR count). The Kier molecular flexibility index (Phi) is 3.10. The van der Waals surface area contributed by atoms with E-state index >= 15 is 0 Å². The molecule has 20 heavy (non-hydrogen) atoms. The fourth-order valence-corrected chi connectivity index (χ4v) is 2.41. The molecule has 1 aliphatic carbocycles. The molecule has 0 amide bonds. The SMILES string of the molecule is Cn1cc(/C=C2/CC/C(=C\c3cnn(C)c3)C2=O)cn1. The largest absolute Gasteiger partial charge is 0.289 e. The number of aryl methyl sites for hydroxylation is 2. The Morgan fingerprint density at radius 2 is 1.40 bits per heavy atom. The van der Waals surface area contributed by atoms with Gasteiger partial charge < -0.3 is 0 Å². The van der Waals surface area contributed by atoms with Gasteiger partial charge >= 0.3 is 0 Å². The number of hydrogen-bond acceptors (Lipinski definition) is 3. The van der Waals surface area contributed by atoms with Crippen LogP contribution in [0.4, 0.5) is 0 Å². The van der Waals surface area contributed by atoms with Gasteiger partial charge in [0, 0.05) is 48.8 Å². The first-order valence-electron chi connectivity index (χ1n) is 6.55. The summed E-state index contributed by atoms with van der Waals surface area (Å²) in [6, 6.07) is 0. The average Bonchev–Trinajstić information content (AvgIpc) is 3.08. The van der Waals surface area contributed by atoms with Gasteiger partial charge in [-0.2, -0.15) is 10.2 Å². The predicted octanol–water partition coefficient (Wildman–Crippen LogP) is 1.98. The quantitative estimate of drug-likeness (QED) is 0.783. The minimum absolute atomic E-state index is 0.137. The van der Waals surface area contributed by atoms with Crippen molar-refractivity contribution in [1.82, 2.24) is 19.6 Å². The highest BCUT2D eigenvalue weighted by Gasteiger charge is 2.23. The van der Waals surface area contributed by atoms with Crippen molar-refractivity contribution < 1.29 is 4.79 Å². The summed E-state index contributed by atoms with van der Waals surface area (Å²) < 4.78 is 3.47. The molecule has 1 saturated carbocycles. The van der Waals surface area contributed by atoms with Crippen LogP contribution in [0, 0.1) is 0 Å². The third kappa shape index (κ3) is 2.47. The monoisotopic (exact) mass is 268 g/mol. The molecule has 0 aliphatic heterocycles. The molecule has 0 radical (unpaired) electrons. The summed E-state index contributed by atoms with van der Waals surface area (Å²) in [7, 11) is 3.73. The highest BCUT2D eigenvalue weighted by atomic mass is 16.1. The second kappa shape index (κ2) is 4.92. The van der Waals surface area contributed by atoms with Gasteiger partial charge in [-0.3, -0.25) is 14.2 Å². The van der Waals surface area contributed by atoms with Crippen LogP contribution < -0.4 is 0 Å². The number of hydrogen-bond donors (Lipinski definition) is 0.